The molecule has 0 fully saturated rings. The molecule has 0 radical (unpaired) electrons. The highest BCUT2D eigenvalue weighted by Crippen LogP contribution is 2.21. The number of hydrogen-bond acceptors (Lipinski definition) is 3. The third-order valence-corrected chi connectivity index (χ3v) is 6.49. The highest BCUT2D eigenvalue weighted by molar-refractivity contribution is 6.68. The van der Waals surface area contributed by atoms with E-state index < -0.39 is 8.56 Å². The maximum absolute atomic E-state index is 5.79. The van der Waals surface area contributed by atoms with Crippen LogP contribution in [0.4, 0.5) is 0 Å². The van der Waals surface area contributed by atoms with Gasteiger partial charge in [0.1, 0.15) is 5.73 Å². The molecule has 4 nitrogen and oxygen atoms in total. The maximum Gasteiger partial charge on any atom is 0.367 e. The molecule has 0 heterocycles. The Hall–Kier alpha value is 0.0569. The number of ether oxygens (including phenoxy) is 1. The summed E-state index contributed by atoms with van der Waals surface area (Å²) in [6.07, 6.45) is 2.00. The van der Waals surface area contributed by atoms with Gasteiger partial charge in [0.2, 0.25) is 0 Å². The molecule has 5 heteroatoms. The second-order valence-corrected chi connectivity index (χ2v) is 7.13. The number of hydrogen-bond donors (Lipinski definition) is 0. The Kier molecular flexibility index (Phi) is 10.8. The predicted octanol–water partition coefficient (Wildman–Crippen LogP) is 1.66. The largest absolute Gasteiger partial charge is 0.412 e. The van der Waals surface area contributed by atoms with E-state index >= 15 is 0 Å². The van der Waals surface area contributed by atoms with E-state index in [9.17, 15) is 0 Å². The summed E-state index contributed by atoms with van der Waals surface area (Å²) in [5.74, 6) is 0. The molecule has 1 unspecified atom stereocenters. The van der Waals surface area contributed by atoms with Crippen LogP contribution in [-0.2, 0) is 13.6 Å². The zero-order chi connectivity index (χ0) is 11.0. The summed E-state index contributed by atoms with van der Waals surface area (Å²) in [5.41, 5.74) is 0.155. The summed E-state index contributed by atoms with van der Waals surface area (Å²) in [5, 5.41) is 0. The molecule has 0 spiro atoms. The van der Waals surface area contributed by atoms with E-state index in [1.165, 1.54) is 0 Å². The van der Waals surface area contributed by atoms with Crippen LogP contribution in [0.3, 0.4) is 0 Å². The molecule has 15 heavy (non-hydrogen) atoms. The quantitative estimate of drug-likeness (QED) is 0.604. The van der Waals surface area contributed by atoms with Gasteiger partial charge in [0.25, 0.3) is 0 Å². The van der Waals surface area contributed by atoms with Crippen molar-refractivity contribution in [2.75, 3.05) is 20.8 Å². The minimum absolute atomic E-state index is 0. The topological polar surface area (TPSA) is 59.2 Å². The molecular weight excluding hydrogens is 212 g/mol. The first-order chi connectivity index (χ1) is 6.70. The highest BCUT2D eigenvalue weighted by atomic mass is 28.4. The molecule has 0 aromatic carbocycles. The van der Waals surface area contributed by atoms with Crippen LogP contribution in [0.15, 0.2) is 0 Å². The SMILES string of the molecule is CCCOC(CC)[Si](CC)(OC)OC.O. The van der Waals surface area contributed by atoms with Crippen LogP contribution in [0.25, 0.3) is 0 Å². The van der Waals surface area contributed by atoms with Crippen molar-refractivity contribution in [3.05, 3.63) is 0 Å². The molecule has 0 aliphatic heterocycles. The second kappa shape index (κ2) is 9.29. The minimum Gasteiger partial charge on any atom is -0.412 e. The average molecular weight is 238 g/mol. The molecular formula is C10H26O4Si. The monoisotopic (exact) mass is 238 g/mol. The maximum atomic E-state index is 5.79. The average Bonchev–Trinajstić information content (AvgIpc) is 2.25. The van der Waals surface area contributed by atoms with Gasteiger partial charge in [-0.1, -0.05) is 20.8 Å². The van der Waals surface area contributed by atoms with Crippen molar-refractivity contribution in [2.45, 2.75) is 45.4 Å². The lowest BCUT2D eigenvalue weighted by Gasteiger charge is -2.33. The van der Waals surface area contributed by atoms with Gasteiger partial charge in [-0.25, -0.2) is 0 Å². The summed E-state index contributed by atoms with van der Waals surface area (Å²) < 4.78 is 16.9. The lowest BCUT2D eigenvalue weighted by Crippen LogP contribution is -2.52. The van der Waals surface area contributed by atoms with Gasteiger partial charge in [0.15, 0.2) is 0 Å². The molecule has 0 amide bonds. The van der Waals surface area contributed by atoms with Crippen molar-refractivity contribution in [3.63, 3.8) is 0 Å². The van der Waals surface area contributed by atoms with Crippen LogP contribution in [-0.4, -0.2) is 40.6 Å². The second-order valence-electron chi connectivity index (χ2n) is 3.34. The van der Waals surface area contributed by atoms with E-state index in [4.69, 9.17) is 13.6 Å². The first-order valence-corrected chi connectivity index (χ1v) is 7.52. The summed E-state index contributed by atoms with van der Waals surface area (Å²) in [6, 6.07) is 0.933. The Balaban J connectivity index is 0. The molecule has 0 saturated carbocycles. The molecule has 0 bridgehead atoms. The van der Waals surface area contributed by atoms with Gasteiger partial charge in [0.05, 0.1) is 0 Å². The van der Waals surface area contributed by atoms with Gasteiger partial charge >= 0.3 is 8.56 Å². The summed E-state index contributed by atoms with van der Waals surface area (Å²) in [4.78, 5) is 0. The zero-order valence-electron chi connectivity index (χ0n) is 10.6. The van der Waals surface area contributed by atoms with E-state index in [2.05, 4.69) is 20.8 Å². The smallest absolute Gasteiger partial charge is 0.367 e. The normalized spacial score (nSPS) is 13.4. The van der Waals surface area contributed by atoms with E-state index in [-0.39, 0.29) is 11.2 Å². The summed E-state index contributed by atoms with van der Waals surface area (Å²) in [6.45, 7) is 7.13. The van der Waals surface area contributed by atoms with E-state index in [1.807, 2.05) is 0 Å². The van der Waals surface area contributed by atoms with Crippen molar-refractivity contribution in [1.82, 2.24) is 0 Å². The zero-order valence-corrected chi connectivity index (χ0v) is 11.6. The van der Waals surface area contributed by atoms with Crippen LogP contribution >= 0.6 is 0 Å². The van der Waals surface area contributed by atoms with Crippen molar-refractivity contribution >= 4 is 8.56 Å². The van der Waals surface area contributed by atoms with Crippen LogP contribution in [0.1, 0.15) is 33.6 Å². The van der Waals surface area contributed by atoms with Crippen LogP contribution in [0, 0.1) is 0 Å². The Labute approximate surface area is 94.5 Å². The fraction of sp³-hybridized carbons (Fsp3) is 1.00. The van der Waals surface area contributed by atoms with Gasteiger partial charge in [-0.15, -0.1) is 0 Å². The standard InChI is InChI=1S/C10H24O3Si.H2O/c1-6-9-13-10(7-2)14(8-3,11-4)12-5;/h10H,6-9H2,1-5H3;1H2. The summed E-state index contributed by atoms with van der Waals surface area (Å²) >= 11 is 0. The van der Waals surface area contributed by atoms with Crippen LogP contribution in [0.2, 0.25) is 6.04 Å². The van der Waals surface area contributed by atoms with Crippen molar-refractivity contribution < 1.29 is 19.1 Å². The first-order valence-electron chi connectivity index (χ1n) is 5.42. The van der Waals surface area contributed by atoms with Gasteiger partial charge < -0.3 is 19.1 Å². The van der Waals surface area contributed by atoms with E-state index in [1.54, 1.807) is 14.2 Å². The fourth-order valence-corrected chi connectivity index (χ4v) is 4.40. The molecule has 1 atom stereocenters. The molecule has 0 aliphatic carbocycles. The van der Waals surface area contributed by atoms with E-state index in [0.717, 1.165) is 25.5 Å². The van der Waals surface area contributed by atoms with Crippen molar-refractivity contribution in [1.29, 1.82) is 0 Å². The third kappa shape index (κ3) is 4.61. The lowest BCUT2D eigenvalue weighted by molar-refractivity contribution is 0.0560. The van der Waals surface area contributed by atoms with Crippen molar-refractivity contribution in [3.8, 4) is 0 Å². The van der Waals surface area contributed by atoms with E-state index in [0.29, 0.717) is 0 Å². The molecule has 0 rings (SSSR count). The van der Waals surface area contributed by atoms with Gasteiger partial charge in [-0.05, 0) is 18.9 Å². The third-order valence-electron chi connectivity index (χ3n) is 2.57. The highest BCUT2D eigenvalue weighted by Gasteiger charge is 2.42. The van der Waals surface area contributed by atoms with Gasteiger partial charge in [-0.2, -0.15) is 0 Å². The molecule has 2 N–H and O–H groups in total. The Morgan fingerprint density at radius 3 is 1.87 bits per heavy atom. The Bertz CT molecular complexity index is 131. The molecule has 94 valence electrons. The Morgan fingerprint density at radius 1 is 1.07 bits per heavy atom. The Morgan fingerprint density at radius 2 is 1.60 bits per heavy atom. The van der Waals surface area contributed by atoms with Gasteiger partial charge in [0, 0.05) is 20.8 Å². The number of rotatable bonds is 8. The summed E-state index contributed by atoms with van der Waals surface area (Å²) in [7, 11) is 1.36. The predicted molar refractivity (Wildman–Crippen MR) is 64.2 cm³/mol. The van der Waals surface area contributed by atoms with Gasteiger partial charge in [-0.3, -0.25) is 0 Å². The molecule has 0 saturated heterocycles. The van der Waals surface area contributed by atoms with Crippen LogP contribution < -0.4 is 0 Å². The molecule has 0 aromatic heterocycles. The molecule has 0 aromatic rings. The minimum atomic E-state index is -2.11. The van der Waals surface area contributed by atoms with Crippen LogP contribution in [0.5, 0.6) is 0 Å². The fourth-order valence-electron chi connectivity index (χ4n) is 1.68. The lowest BCUT2D eigenvalue weighted by atomic mass is 10.5. The first kappa shape index (κ1) is 17.5. The molecule has 0 aliphatic rings. The van der Waals surface area contributed by atoms with Crippen molar-refractivity contribution in [2.24, 2.45) is 0 Å².